The molecule has 0 aromatic heterocycles. The Morgan fingerprint density at radius 3 is 2.35 bits per heavy atom. The van der Waals surface area contributed by atoms with E-state index in [9.17, 15) is 4.79 Å². The van der Waals surface area contributed by atoms with Crippen LogP contribution in [0.5, 0.6) is 0 Å². The number of rotatable bonds is 6. The van der Waals surface area contributed by atoms with E-state index >= 15 is 0 Å². The van der Waals surface area contributed by atoms with Crippen LogP contribution in [-0.4, -0.2) is 5.78 Å². The zero-order valence-corrected chi connectivity index (χ0v) is 11.9. The topological polar surface area (TPSA) is 17.1 Å². The van der Waals surface area contributed by atoms with Gasteiger partial charge in [0.1, 0.15) is 0 Å². The maximum atomic E-state index is 12.4. The normalized spacial score (nSPS) is 11.8. The summed E-state index contributed by atoms with van der Waals surface area (Å²) < 4.78 is 0. The third-order valence-electron chi connectivity index (χ3n) is 3.53. The van der Waals surface area contributed by atoms with E-state index in [1.807, 2.05) is 55.5 Å². The van der Waals surface area contributed by atoms with Crippen LogP contribution in [0.25, 0.3) is 0 Å². The summed E-state index contributed by atoms with van der Waals surface area (Å²) in [7, 11) is 0. The Hall–Kier alpha value is -2.15. The second-order valence-electron chi connectivity index (χ2n) is 5.13. The van der Waals surface area contributed by atoms with Crippen molar-refractivity contribution in [2.75, 3.05) is 0 Å². The molecule has 0 heterocycles. The largest absolute Gasteiger partial charge is 0.294 e. The second kappa shape index (κ2) is 6.85. The van der Waals surface area contributed by atoms with E-state index in [0.29, 0.717) is 6.42 Å². The van der Waals surface area contributed by atoms with Gasteiger partial charge in [-0.25, -0.2) is 0 Å². The number of Topliss-reactive ketones (excluding diaryl/α,β-unsaturated/α-hetero) is 1. The summed E-state index contributed by atoms with van der Waals surface area (Å²) in [6.07, 6.45) is 3.24. The van der Waals surface area contributed by atoms with Crippen LogP contribution in [0.1, 0.15) is 40.2 Å². The molecular weight excluding hydrogens is 244 g/mol. The molecule has 0 amide bonds. The maximum Gasteiger partial charge on any atom is 0.163 e. The Balaban J connectivity index is 2.14. The van der Waals surface area contributed by atoms with E-state index in [1.54, 1.807) is 0 Å². The first kappa shape index (κ1) is 14.3. The molecule has 0 spiro atoms. The van der Waals surface area contributed by atoms with Crippen molar-refractivity contribution in [3.8, 4) is 0 Å². The quantitative estimate of drug-likeness (QED) is 0.534. The first-order chi connectivity index (χ1) is 9.70. The zero-order chi connectivity index (χ0) is 14.4. The SMILES string of the molecule is C=CCC(CC(=O)c1ccc(C)cc1)c1ccccc1. The van der Waals surface area contributed by atoms with Crippen molar-refractivity contribution in [1.82, 2.24) is 0 Å². The van der Waals surface area contributed by atoms with Crippen LogP contribution in [0.3, 0.4) is 0 Å². The van der Waals surface area contributed by atoms with E-state index in [4.69, 9.17) is 0 Å². The van der Waals surface area contributed by atoms with Gasteiger partial charge < -0.3 is 0 Å². The number of hydrogen-bond donors (Lipinski definition) is 0. The predicted molar refractivity (Wildman–Crippen MR) is 84.1 cm³/mol. The van der Waals surface area contributed by atoms with E-state index in [-0.39, 0.29) is 11.7 Å². The van der Waals surface area contributed by atoms with Crippen molar-refractivity contribution >= 4 is 5.78 Å². The molecule has 0 aliphatic carbocycles. The van der Waals surface area contributed by atoms with Crippen LogP contribution >= 0.6 is 0 Å². The molecule has 1 heteroatoms. The molecule has 2 aromatic rings. The number of carbonyl (C=O) groups excluding carboxylic acids is 1. The molecule has 0 fully saturated rings. The molecule has 0 aliphatic rings. The van der Waals surface area contributed by atoms with Crippen LogP contribution in [-0.2, 0) is 0 Å². The first-order valence-corrected chi connectivity index (χ1v) is 6.96. The van der Waals surface area contributed by atoms with Gasteiger partial charge in [0.25, 0.3) is 0 Å². The Kier molecular flexibility index (Phi) is 4.89. The Morgan fingerprint density at radius 2 is 1.75 bits per heavy atom. The molecule has 0 saturated carbocycles. The molecule has 1 unspecified atom stereocenters. The van der Waals surface area contributed by atoms with Crippen LogP contribution in [0, 0.1) is 6.92 Å². The third kappa shape index (κ3) is 3.67. The average molecular weight is 264 g/mol. The molecule has 102 valence electrons. The number of carbonyl (C=O) groups is 1. The third-order valence-corrected chi connectivity index (χ3v) is 3.53. The lowest BCUT2D eigenvalue weighted by Crippen LogP contribution is -2.07. The van der Waals surface area contributed by atoms with Gasteiger partial charge in [-0.15, -0.1) is 6.58 Å². The number of aryl methyl sites for hydroxylation is 1. The van der Waals surface area contributed by atoms with Gasteiger partial charge in [-0.05, 0) is 24.8 Å². The van der Waals surface area contributed by atoms with Crippen LogP contribution in [0.2, 0.25) is 0 Å². The molecule has 20 heavy (non-hydrogen) atoms. The van der Waals surface area contributed by atoms with E-state index in [1.165, 1.54) is 11.1 Å². The molecule has 2 rings (SSSR count). The van der Waals surface area contributed by atoms with E-state index in [0.717, 1.165) is 12.0 Å². The predicted octanol–water partition coefficient (Wildman–Crippen LogP) is 4.93. The molecule has 0 aliphatic heterocycles. The zero-order valence-electron chi connectivity index (χ0n) is 11.9. The summed E-state index contributed by atoms with van der Waals surface area (Å²) in [4.78, 5) is 12.4. The number of benzene rings is 2. The Bertz CT molecular complexity index is 566. The summed E-state index contributed by atoms with van der Waals surface area (Å²) in [5.41, 5.74) is 3.17. The molecule has 2 aromatic carbocycles. The van der Waals surface area contributed by atoms with Gasteiger partial charge >= 0.3 is 0 Å². The number of hydrogen-bond acceptors (Lipinski definition) is 1. The average Bonchev–Trinajstić information content (AvgIpc) is 2.48. The highest BCUT2D eigenvalue weighted by atomic mass is 16.1. The monoisotopic (exact) mass is 264 g/mol. The standard InChI is InChI=1S/C19H20O/c1-3-7-18(16-8-5-4-6-9-16)14-19(20)17-12-10-15(2)11-13-17/h3-6,8-13,18H,1,7,14H2,2H3. The van der Waals surface area contributed by atoms with Crippen molar-refractivity contribution in [2.24, 2.45) is 0 Å². The van der Waals surface area contributed by atoms with Gasteiger partial charge in [0.2, 0.25) is 0 Å². The Morgan fingerprint density at radius 1 is 1.10 bits per heavy atom. The summed E-state index contributed by atoms with van der Waals surface area (Å²) in [5, 5.41) is 0. The van der Waals surface area contributed by atoms with Crippen LogP contribution < -0.4 is 0 Å². The summed E-state index contributed by atoms with van der Waals surface area (Å²) >= 11 is 0. The highest BCUT2D eigenvalue weighted by molar-refractivity contribution is 5.96. The molecule has 1 nitrogen and oxygen atoms in total. The molecule has 1 atom stereocenters. The van der Waals surface area contributed by atoms with Crippen LogP contribution in [0.15, 0.2) is 67.3 Å². The van der Waals surface area contributed by atoms with Crippen molar-refractivity contribution in [2.45, 2.75) is 25.7 Å². The number of ketones is 1. The highest BCUT2D eigenvalue weighted by Gasteiger charge is 2.15. The van der Waals surface area contributed by atoms with Gasteiger partial charge in [0.05, 0.1) is 0 Å². The first-order valence-electron chi connectivity index (χ1n) is 6.96. The van der Waals surface area contributed by atoms with Gasteiger partial charge in [-0.1, -0.05) is 66.2 Å². The van der Waals surface area contributed by atoms with Gasteiger partial charge in [-0.2, -0.15) is 0 Å². The Labute approximate surface area is 121 Å². The lowest BCUT2D eigenvalue weighted by molar-refractivity contribution is 0.0974. The summed E-state index contributed by atoms with van der Waals surface area (Å²) in [6.45, 7) is 5.83. The summed E-state index contributed by atoms with van der Waals surface area (Å²) in [5.74, 6) is 0.406. The fourth-order valence-corrected chi connectivity index (χ4v) is 2.34. The van der Waals surface area contributed by atoms with Crippen LogP contribution in [0.4, 0.5) is 0 Å². The lowest BCUT2D eigenvalue weighted by atomic mass is 9.89. The molecule has 0 N–H and O–H groups in total. The molecule has 0 saturated heterocycles. The fourth-order valence-electron chi connectivity index (χ4n) is 2.34. The summed E-state index contributed by atoms with van der Waals surface area (Å²) in [6, 6.07) is 18.0. The second-order valence-corrected chi connectivity index (χ2v) is 5.13. The minimum absolute atomic E-state index is 0.195. The molecule has 0 radical (unpaired) electrons. The van der Waals surface area contributed by atoms with Crippen molar-refractivity contribution in [3.05, 3.63) is 83.9 Å². The van der Waals surface area contributed by atoms with E-state index < -0.39 is 0 Å². The van der Waals surface area contributed by atoms with Gasteiger partial charge in [0, 0.05) is 12.0 Å². The molecule has 0 bridgehead atoms. The maximum absolute atomic E-state index is 12.4. The highest BCUT2D eigenvalue weighted by Crippen LogP contribution is 2.25. The van der Waals surface area contributed by atoms with Crippen molar-refractivity contribution in [1.29, 1.82) is 0 Å². The minimum atomic E-state index is 0.195. The molecular formula is C19H20O. The van der Waals surface area contributed by atoms with Crippen molar-refractivity contribution < 1.29 is 4.79 Å². The smallest absolute Gasteiger partial charge is 0.163 e. The van der Waals surface area contributed by atoms with Gasteiger partial charge in [-0.3, -0.25) is 4.79 Å². The van der Waals surface area contributed by atoms with E-state index in [2.05, 4.69) is 18.7 Å². The number of allylic oxidation sites excluding steroid dienone is 1. The lowest BCUT2D eigenvalue weighted by Gasteiger charge is -2.15. The van der Waals surface area contributed by atoms with Crippen molar-refractivity contribution in [3.63, 3.8) is 0 Å². The van der Waals surface area contributed by atoms with Gasteiger partial charge in [0.15, 0.2) is 5.78 Å². The minimum Gasteiger partial charge on any atom is -0.294 e. The fraction of sp³-hybridized carbons (Fsp3) is 0.211.